The van der Waals surface area contributed by atoms with Gasteiger partial charge in [0.15, 0.2) is 0 Å². The Labute approximate surface area is 221 Å². The van der Waals surface area contributed by atoms with Gasteiger partial charge in [-0.2, -0.15) is 0 Å². The van der Waals surface area contributed by atoms with E-state index in [1.54, 1.807) is 29.2 Å². The molecule has 1 atom stereocenters. The summed E-state index contributed by atoms with van der Waals surface area (Å²) in [6.45, 7) is 9.27. The minimum absolute atomic E-state index is 0.0426. The second-order valence-electron chi connectivity index (χ2n) is 8.39. The van der Waals surface area contributed by atoms with E-state index in [2.05, 4.69) is 12.2 Å². The zero-order chi connectivity index (χ0) is 26.8. The Morgan fingerprint density at radius 3 is 2.62 bits per heavy atom. The lowest BCUT2D eigenvalue weighted by Crippen LogP contribution is -2.41. The number of hydrogen-bond acceptors (Lipinski definition) is 8. The van der Waals surface area contributed by atoms with Crippen molar-refractivity contribution >= 4 is 40.6 Å². The van der Waals surface area contributed by atoms with Crippen LogP contribution in [0.2, 0.25) is 0 Å². The summed E-state index contributed by atoms with van der Waals surface area (Å²) in [5.41, 5.74) is 1.22. The lowest BCUT2D eigenvalue weighted by atomic mass is 10.2. The third-order valence-electron chi connectivity index (χ3n) is 5.63. The fourth-order valence-corrected chi connectivity index (χ4v) is 4.60. The zero-order valence-electron chi connectivity index (χ0n) is 21.8. The summed E-state index contributed by atoms with van der Waals surface area (Å²) in [5, 5.41) is 2.81. The van der Waals surface area contributed by atoms with Gasteiger partial charge in [-0.25, -0.2) is 4.79 Å². The Morgan fingerprint density at radius 1 is 1.19 bits per heavy atom. The summed E-state index contributed by atoms with van der Waals surface area (Å²) < 4.78 is 21.1. The number of nitrogens with one attached hydrogen (secondary N) is 1. The molecule has 10 nitrogen and oxygen atoms in total. The highest BCUT2D eigenvalue weighted by Gasteiger charge is 2.34. The van der Waals surface area contributed by atoms with Gasteiger partial charge >= 0.3 is 6.09 Å². The molecule has 0 saturated carbocycles. The molecule has 0 bridgehead atoms. The number of aryl methyl sites for hydroxylation is 1. The average molecular weight is 534 g/mol. The molecule has 37 heavy (non-hydrogen) atoms. The third kappa shape index (κ3) is 7.67. The van der Waals surface area contributed by atoms with Crippen LogP contribution in [0.3, 0.4) is 0 Å². The van der Waals surface area contributed by atoms with E-state index >= 15 is 0 Å². The van der Waals surface area contributed by atoms with E-state index in [0.29, 0.717) is 35.2 Å². The Kier molecular flexibility index (Phi) is 10.7. The van der Waals surface area contributed by atoms with E-state index in [9.17, 15) is 14.4 Å². The fourth-order valence-electron chi connectivity index (χ4n) is 3.81. The predicted octanol–water partition coefficient (Wildman–Crippen LogP) is 3.62. The SMILES string of the molecule is CCCOCC.COc1cc(N2CCOCC2=O)ccc1N1CC(CNC(=O)c2ccc(C)s2)OC1=O. The minimum Gasteiger partial charge on any atom is -0.494 e. The molecule has 202 valence electrons. The number of carbonyl (C=O) groups is 3. The number of benzene rings is 1. The summed E-state index contributed by atoms with van der Waals surface area (Å²) in [6.07, 6.45) is 0.135. The molecule has 2 saturated heterocycles. The molecule has 1 aromatic carbocycles. The number of cyclic esters (lactones) is 1. The highest BCUT2D eigenvalue weighted by atomic mass is 32.1. The number of amides is 3. The third-order valence-corrected chi connectivity index (χ3v) is 6.63. The number of anilines is 2. The first kappa shape index (κ1) is 28.4. The molecule has 2 fully saturated rings. The van der Waals surface area contributed by atoms with Crippen molar-refractivity contribution in [3.05, 3.63) is 40.1 Å². The van der Waals surface area contributed by atoms with Crippen molar-refractivity contribution in [2.45, 2.75) is 33.3 Å². The Balaban J connectivity index is 0.000000568. The van der Waals surface area contributed by atoms with Crippen LogP contribution in [-0.4, -0.2) is 77.2 Å². The maximum Gasteiger partial charge on any atom is 0.414 e. The lowest BCUT2D eigenvalue weighted by molar-refractivity contribution is -0.125. The summed E-state index contributed by atoms with van der Waals surface area (Å²) in [6, 6.07) is 8.88. The van der Waals surface area contributed by atoms with Crippen LogP contribution >= 0.6 is 11.3 Å². The van der Waals surface area contributed by atoms with Gasteiger partial charge in [0.05, 0.1) is 37.4 Å². The molecular weight excluding hydrogens is 498 g/mol. The van der Waals surface area contributed by atoms with Crippen LogP contribution in [0.15, 0.2) is 30.3 Å². The van der Waals surface area contributed by atoms with Crippen LogP contribution in [0.25, 0.3) is 0 Å². The van der Waals surface area contributed by atoms with Crippen molar-refractivity contribution in [2.24, 2.45) is 0 Å². The molecular formula is C26H35N3O7S. The lowest BCUT2D eigenvalue weighted by Gasteiger charge is -2.28. The van der Waals surface area contributed by atoms with Crippen LogP contribution < -0.4 is 19.9 Å². The van der Waals surface area contributed by atoms with E-state index in [1.165, 1.54) is 23.3 Å². The van der Waals surface area contributed by atoms with Crippen molar-refractivity contribution in [3.63, 3.8) is 0 Å². The van der Waals surface area contributed by atoms with Crippen LogP contribution in [0, 0.1) is 6.92 Å². The first-order valence-corrected chi connectivity index (χ1v) is 13.2. The highest BCUT2D eigenvalue weighted by Crippen LogP contribution is 2.35. The van der Waals surface area contributed by atoms with Crippen LogP contribution in [0.1, 0.15) is 34.8 Å². The van der Waals surface area contributed by atoms with Gasteiger partial charge in [-0.15, -0.1) is 11.3 Å². The number of rotatable bonds is 9. The summed E-state index contributed by atoms with van der Waals surface area (Å²) in [4.78, 5) is 41.6. The molecule has 2 aromatic rings. The quantitative estimate of drug-likeness (QED) is 0.491. The zero-order valence-corrected chi connectivity index (χ0v) is 22.6. The molecule has 4 rings (SSSR count). The molecule has 2 aliphatic heterocycles. The van der Waals surface area contributed by atoms with Gasteiger partial charge in [-0.05, 0) is 44.5 Å². The fraction of sp³-hybridized carbons (Fsp3) is 0.500. The number of carbonyl (C=O) groups excluding carboxylic acids is 3. The summed E-state index contributed by atoms with van der Waals surface area (Å²) >= 11 is 1.41. The second kappa shape index (κ2) is 14.0. The molecule has 0 radical (unpaired) electrons. The predicted molar refractivity (Wildman–Crippen MR) is 142 cm³/mol. The minimum atomic E-state index is -0.514. The summed E-state index contributed by atoms with van der Waals surface area (Å²) in [7, 11) is 1.51. The van der Waals surface area contributed by atoms with Gasteiger partial charge in [0.2, 0.25) is 0 Å². The summed E-state index contributed by atoms with van der Waals surface area (Å²) in [5.74, 6) is 0.135. The van der Waals surface area contributed by atoms with E-state index in [1.807, 2.05) is 19.9 Å². The molecule has 11 heteroatoms. The maximum atomic E-state index is 12.5. The van der Waals surface area contributed by atoms with E-state index < -0.39 is 12.2 Å². The molecule has 1 aromatic heterocycles. The van der Waals surface area contributed by atoms with Crippen molar-refractivity contribution in [2.75, 3.05) is 63.0 Å². The normalized spacial score (nSPS) is 17.2. The largest absolute Gasteiger partial charge is 0.494 e. The number of nitrogens with zero attached hydrogens (tertiary/aromatic N) is 2. The number of thiophene rings is 1. The Morgan fingerprint density at radius 2 is 2.00 bits per heavy atom. The van der Waals surface area contributed by atoms with Gasteiger partial charge in [0.25, 0.3) is 11.8 Å². The number of methoxy groups -OCH3 is 1. The molecule has 3 amide bonds. The number of morpholine rings is 1. The van der Waals surface area contributed by atoms with Crippen molar-refractivity contribution < 1.29 is 33.3 Å². The van der Waals surface area contributed by atoms with Crippen LogP contribution in [0.5, 0.6) is 5.75 Å². The number of hydrogen-bond donors (Lipinski definition) is 1. The topological polar surface area (TPSA) is 107 Å². The van der Waals surface area contributed by atoms with Gasteiger partial charge in [0, 0.05) is 36.4 Å². The smallest absolute Gasteiger partial charge is 0.414 e. The Hall–Kier alpha value is -3.15. The molecule has 0 aliphatic carbocycles. The molecule has 3 heterocycles. The molecule has 2 aliphatic rings. The monoisotopic (exact) mass is 533 g/mol. The van der Waals surface area contributed by atoms with Crippen molar-refractivity contribution in [1.29, 1.82) is 0 Å². The van der Waals surface area contributed by atoms with E-state index in [0.717, 1.165) is 24.5 Å². The van der Waals surface area contributed by atoms with E-state index in [-0.39, 0.29) is 31.5 Å². The first-order valence-electron chi connectivity index (χ1n) is 12.3. The molecule has 1 N–H and O–H groups in total. The highest BCUT2D eigenvalue weighted by molar-refractivity contribution is 7.13. The van der Waals surface area contributed by atoms with Gasteiger partial charge < -0.3 is 29.2 Å². The first-order chi connectivity index (χ1) is 17.9. The van der Waals surface area contributed by atoms with Gasteiger partial charge in [-0.1, -0.05) is 6.92 Å². The number of ether oxygens (including phenoxy) is 4. The van der Waals surface area contributed by atoms with Gasteiger partial charge in [0.1, 0.15) is 18.5 Å². The van der Waals surface area contributed by atoms with Gasteiger partial charge in [-0.3, -0.25) is 14.5 Å². The maximum absolute atomic E-state index is 12.5. The van der Waals surface area contributed by atoms with E-state index in [4.69, 9.17) is 18.9 Å². The van der Waals surface area contributed by atoms with Crippen LogP contribution in [-0.2, 0) is 19.0 Å². The standard InChI is InChI=1S/C21H23N3O6S.C5H12O/c1-13-3-6-18(31-13)20(26)22-10-15-11-24(21(27)30-15)16-5-4-14(9-17(16)28-2)23-7-8-29-12-19(23)25;1-3-5-6-4-2/h3-6,9,15H,7-8,10-12H2,1-2H3,(H,22,26);3-5H2,1-2H3. The Bertz CT molecular complexity index is 1070. The average Bonchev–Trinajstić information content (AvgIpc) is 3.51. The molecule has 0 spiro atoms. The molecule has 1 unspecified atom stereocenters. The second-order valence-corrected chi connectivity index (χ2v) is 9.68. The van der Waals surface area contributed by atoms with Crippen molar-refractivity contribution in [1.82, 2.24) is 5.32 Å². The van der Waals surface area contributed by atoms with Crippen molar-refractivity contribution in [3.8, 4) is 5.75 Å². The van der Waals surface area contributed by atoms with Crippen LogP contribution in [0.4, 0.5) is 16.2 Å².